The molecular formula is C34H19NO. The zero-order valence-corrected chi connectivity index (χ0v) is 19.3. The number of para-hydroxylation sites is 3. The molecule has 0 N–H and O–H groups in total. The molecular weight excluding hydrogens is 438 g/mol. The van der Waals surface area contributed by atoms with Crippen LogP contribution in [0.2, 0.25) is 0 Å². The fraction of sp³-hybridized carbons (Fsp3) is 0. The molecule has 0 bridgehead atoms. The summed E-state index contributed by atoms with van der Waals surface area (Å²) in [5.41, 5.74) is 8.13. The Morgan fingerprint density at radius 2 is 1.17 bits per heavy atom. The molecule has 0 saturated carbocycles. The van der Waals surface area contributed by atoms with E-state index >= 15 is 0 Å². The van der Waals surface area contributed by atoms with E-state index in [1.54, 1.807) is 0 Å². The van der Waals surface area contributed by atoms with Gasteiger partial charge in [-0.2, -0.15) is 0 Å². The molecule has 0 fully saturated rings. The lowest BCUT2D eigenvalue weighted by Gasteiger charge is -2.09. The molecule has 2 heteroatoms. The summed E-state index contributed by atoms with van der Waals surface area (Å²) in [5, 5.41) is 9.86. The van der Waals surface area contributed by atoms with E-state index in [-0.39, 0.29) is 0 Å². The lowest BCUT2D eigenvalue weighted by atomic mass is 9.94. The zero-order valence-electron chi connectivity index (χ0n) is 19.3. The highest BCUT2D eigenvalue weighted by atomic mass is 16.3. The molecule has 0 aliphatic carbocycles. The summed E-state index contributed by atoms with van der Waals surface area (Å²) < 4.78 is 8.92. The molecule has 0 spiro atoms. The molecule has 0 aliphatic rings. The van der Waals surface area contributed by atoms with E-state index in [4.69, 9.17) is 4.42 Å². The number of furan rings is 1. The lowest BCUT2D eigenvalue weighted by Crippen LogP contribution is -1.83. The van der Waals surface area contributed by atoms with E-state index in [0.717, 1.165) is 21.9 Å². The Bertz CT molecular complexity index is 2230. The van der Waals surface area contributed by atoms with Crippen LogP contribution in [0, 0.1) is 0 Å². The van der Waals surface area contributed by atoms with Crippen molar-refractivity contribution in [2.75, 3.05) is 0 Å². The largest absolute Gasteiger partial charge is 0.455 e. The molecule has 2 nitrogen and oxygen atoms in total. The van der Waals surface area contributed by atoms with Gasteiger partial charge in [0.15, 0.2) is 0 Å². The maximum atomic E-state index is 6.49. The van der Waals surface area contributed by atoms with Crippen molar-refractivity contribution in [2.45, 2.75) is 0 Å². The van der Waals surface area contributed by atoms with Crippen LogP contribution in [0.1, 0.15) is 0 Å². The van der Waals surface area contributed by atoms with Gasteiger partial charge in [0.1, 0.15) is 11.2 Å². The van der Waals surface area contributed by atoms with Crippen LogP contribution in [0.3, 0.4) is 0 Å². The van der Waals surface area contributed by atoms with Gasteiger partial charge >= 0.3 is 0 Å². The normalized spacial score (nSPS) is 12.4. The van der Waals surface area contributed by atoms with Gasteiger partial charge in [-0.05, 0) is 52.9 Å². The maximum absolute atomic E-state index is 6.49. The van der Waals surface area contributed by atoms with Crippen molar-refractivity contribution in [3.05, 3.63) is 115 Å². The average Bonchev–Trinajstić information content (AvgIpc) is 3.59. The van der Waals surface area contributed by atoms with E-state index < -0.39 is 0 Å². The monoisotopic (exact) mass is 457 g/mol. The highest BCUT2D eigenvalue weighted by molar-refractivity contribution is 6.26. The molecule has 0 aliphatic heterocycles. The van der Waals surface area contributed by atoms with Crippen molar-refractivity contribution in [3.63, 3.8) is 0 Å². The summed E-state index contributed by atoms with van der Waals surface area (Å²) in [5.74, 6) is 0. The lowest BCUT2D eigenvalue weighted by molar-refractivity contribution is 0.673. The number of hydrogen-bond donors (Lipinski definition) is 0. The molecule has 3 heterocycles. The third kappa shape index (κ3) is 2.18. The van der Waals surface area contributed by atoms with Gasteiger partial charge in [0.2, 0.25) is 0 Å². The van der Waals surface area contributed by atoms with Crippen LogP contribution in [0.25, 0.3) is 81.9 Å². The van der Waals surface area contributed by atoms with Crippen molar-refractivity contribution < 1.29 is 4.42 Å². The second-order valence-corrected chi connectivity index (χ2v) is 9.73. The van der Waals surface area contributed by atoms with E-state index in [1.807, 2.05) is 6.07 Å². The van der Waals surface area contributed by atoms with Crippen molar-refractivity contribution in [2.24, 2.45) is 0 Å². The van der Waals surface area contributed by atoms with Gasteiger partial charge in [-0.15, -0.1) is 0 Å². The molecule has 6 aromatic carbocycles. The van der Waals surface area contributed by atoms with Crippen LogP contribution in [-0.2, 0) is 0 Å². The molecule has 0 saturated heterocycles. The van der Waals surface area contributed by atoms with Crippen molar-refractivity contribution in [1.29, 1.82) is 0 Å². The Hall–Kier alpha value is -4.82. The van der Waals surface area contributed by atoms with Gasteiger partial charge in [-0.1, -0.05) is 78.9 Å². The summed E-state index contributed by atoms with van der Waals surface area (Å²) in [6.45, 7) is 0. The fourth-order valence-electron chi connectivity index (χ4n) is 6.40. The average molecular weight is 458 g/mol. The third-order valence-corrected chi connectivity index (χ3v) is 7.90. The topological polar surface area (TPSA) is 17.6 Å². The predicted molar refractivity (Wildman–Crippen MR) is 151 cm³/mol. The Morgan fingerprint density at radius 3 is 1.92 bits per heavy atom. The van der Waals surface area contributed by atoms with Crippen LogP contribution in [0.5, 0.6) is 0 Å². The van der Waals surface area contributed by atoms with Crippen molar-refractivity contribution >= 4 is 70.8 Å². The highest BCUT2D eigenvalue weighted by Gasteiger charge is 2.20. The first-order valence-electron chi connectivity index (χ1n) is 12.4. The number of nitrogens with zero attached hydrogens (tertiary/aromatic N) is 1. The predicted octanol–water partition coefficient (Wildman–Crippen LogP) is 9.56. The van der Waals surface area contributed by atoms with E-state index in [1.165, 1.54) is 60.0 Å². The van der Waals surface area contributed by atoms with Crippen LogP contribution in [0.15, 0.2) is 120 Å². The smallest absolute Gasteiger partial charge is 0.143 e. The first-order chi connectivity index (χ1) is 17.9. The van der Waals surface area contributed by atoms with E-state index in [9.17, 15) is 0 Å². The Morgan fingerprint density at radius 1 is 0.500 bits per heavy atom. The molecule has 166 valence electrons. The fourth-order valence-corrected chi connectivity index (χ4v) is 6.40. The highest BCUT2D eigenvalue weighted by Crippen LogP contribution is 2.44. The van der Waals surface area contributed by atoms with Gasteiger partial charge in [-0.3, -0.25) is 0 Å². The molecule has 36 heavy (non-hydrogen) atoms. The maximum Gasteiger partial charge on any atom is 0.143 e. The van der Waals surface area contributed by atoms with Crippen molar-refractivity contribution in [3.8, 4) is 11.1 Å². The first kappa shape index (κ1) is 18.5. The number of benzene rings is 6. The molecule has 3 aromatic heterocycles. The minimum atomic E-state index is 0.931. The molecule has 9 aromatic rings. The molecule has 0 atom stereocenters. The van der Waals surface area contributed by atoms with Gasteiger partial charge in [0, 0.05) is 37.7 Å². The molecule has 9 rings (SSSR count). The van der Waals surface area contributed by atoms with Gasteiger partial charge < -0.3 is 8.82 Å². The summed E-state index contributed by atoms with van der Waals surface area (Å²) in [6, 6.07) is 41.6. The first-order valence-corrected chi connectivity index (χ1v) is 12.4. The number of hydrogen-bond acceptors (Lipinski definition) is 1. The van der Waals surface area contributed by atoms with Gasteiger partial charge in [0.25, 0.3) is 0 Å². The summed E-state index contributed by atoms with van der Waals surface area (Å²) >= 11 is 0. The Labute approximate surface area is 205 Å². The summed E-state index contributed by atoms with van der Waals surface area (Å²) in [6.07, 6.45) is 0. The van der Waals surface area contributed by atoms with Crippen LogP contribution in [0.4, 0.5) is 0 Å². The zero-order chi connectivity index (χ0) is 23.4. The number of aromatic nitrogens is 1. The number of fused-ring (bicyclic) bond motifs is 11. The number of rotatable bonds is 1. The standard InChI is InChI=1S/C34H19NO/c1-4-13-29-23(9-1)27-18-21(19-28-24-10-2-5-14-30(24)35(29)33(27)28)22-12-7-8-20-16-17-26-25-11-3-6-15-31(25)36-34(26)32(20)22/h1-19H. The minimum absolute atomic E-state index is 0.931. The summed E-state index contributed by atoms with van der Waals surface area (Å²) in [7, 11) is 0. The SMILES string of the molecule is c1cc(-c2cc3c4ccccc4n4c5ccccc5c(c2)c34)c2c(c1)ccc1c3ccccc3oc12. The van der Waals surface area contributed by atoms with Gasteiger partial charge in [-0.25, -0.2) is 0 Å². The molecule has 0 radical (unpaired) electrons. The second-order valence-electron chi connectivity index (χ2n) is 9.73. The van der Waals surface area contributed by atoms with Crippen molar-refractivity contribution in [1.82, 2.24) is 4.40 Å². The van der Waals surface area contributed by atoms with E-state index in [2.05, 4.69) is 114 Å². The minimum Gasteiger partial charge on any atom is -0.455 e. The van der Waals surface area contributed by atoms with E-state index in [0.29, 0.717) is 0 Å². The van der Waals surface area contributed by atoms with Crippen LogP contribution in [-0.4, -0.2) is 4.40 Å². The van der Waals surface area contributed by atoms with Crippen LogP contribution >= 0.6 is 0 Å². The van der Waals surface area contributed by atoms with Crippen LogP contribution < -0.4 is 0 Å². The molecule has 0 amide bonds. The second kappa shape index (κ2) is 6.44. The Balaban J connectivity index is 1.49. The Kier molecular flexibility index (Phi) is 3.31. The third-order valence-electron chi connectivity index (χ3n) is 7.90. The summed E-state index contributed by atoms with van der Waals surface area (Å²) in [4.78, 5) is 0. The van der Waals surface area contributed by atoms with Gasteiger partial charge in [0.05, 0.1) is 16.6 Å². The molecule has 0 unspecified atom stereocenters. The quantitative estimate of drug-likeness (QED) is 0.240.